The molecule has 4 nitrogen and oxygen atoms in total. The van der Waals surface area contributed by atoms with Crippen molar-refractivity contribution in [2.24, 2.45) is 0 Å². The van der Waals surface area contributed by atoms with E-state index in [9.17, 15) is 4.79 Å². The molecule has 0 saturated heterocycles. The Bertz CT molecular complexity index is 1950. The number of ketones is 1. The van der Waals surface area contributed by atoms with Gasteiger partial charge in [0.2, 0.25) is 0 Å². The first-order valence-corrected chi connectivity index (χ1v) is 12.5. The van der Waals surface area contributed by atoms with Crippen LogP contribution in [0.15, 0.2) is 115 Å². The molecular formula is C34H25IrN2O2-. The van der Waals surface area contributed by atoms with Crippen LogP contribution in [0.1, 0.15) is 13.8 Å². The Balaban J connectivity index is 0.000000345. The SMILES string of the molecule is CC(=O)/C=C(/C)O.[Ir].[c-]1cc2c(cc1-c1ccccn1)c1cc(-c3ccccc3)cc3c4ccccc4n2c13. The number of aliphatic hydroxyl groups excluding tert-OH is 1. The number of carbonyl (C=O) groups excluding carboxylic acids is 1. The standard InChI is InChI=1S/C29H17N2.C5H8O2.Ir/c1-2-8-19(9-3-1)21-17-24-22-10-4-5-12-27(22)31-28-14-13-20(26-11-6-7-15-30-26)16-23(28)25(18-21)29(24)31;1-4(6)3-5(2)7;/h1-12,14-18H;3,6H,1-2H3;/q-1;;/b;4-3-;. The van der Waals surface area contributed by atoms with Crippen LogP contribution in [-0.4, -0.2) is 20.3 Å². The van der Waals surface area contributed by atoms with Crippen molar-refractivity contribution >= 4 is 43.9 Å². The van der Waals surface area contributed by atoms with Gasteiger partial charge in [-0.1, -0.05) is 66.0 Å². The third-order valence-corrected chi connectivity index (χ3v) is 6.69. The number of aliphatic hydroxyl groups is 1. The van der Waals surface area contributed by atoms with Crippen LogP contribution in [0.25, 0.3) is 60.5 Å². The molecule has 4 aromatic carbocycles. The van der Waals surface area contributed by atoms with Gasteiger partial charge in [0, 0.05) is 48.7 Å². The number of benzene rings is 4. The zero-order valence-electron chi connectivity index (χ0n) is 21.5. The van der Waals surface area contributed by atoms with Crippen molar-refractivity contribution in [1.82, 2.24) is 9.38 Å². The van der Waals surface area contributed by atoms with Crippen molar-refractivity contribution in [3.05, 3.63) is 121 Å². The fourth-order valence-corrected chi connectivity index (χ4v) is 5.20. The molecule has 5 heteroatoms. The molecule has 0 aliphatic rings. The van der Waals surface area contributed by atoms with E-state index in [4.69, 9.17) is 5.11 Å². The number of hydrogen-bond donors (Lipinski definition) is 1. The first-order chi connectivity index (χ1) is 18.5. The molecule has 0 unspecified atom stereocenters. The molecule has 7 aromatic rings. The Morgan fingerprint density at radius 2 is 1.49 bits per heavy atom. The number of nitrogens with zero attached hydrogens (tertiary/aromatic N) is 2. The van der Waals surface area contributed by atoms with E-state index in [0.717, 1.165) is 11.3 Å². The summed E-state index contributed by atoms with van der Waals surface area (Å²) in [7, 11) is 0. The zero-order valence-corrected chi connectivity index (χ0v) is 23.9. The average Bonchev–Trinajstić information content (AvgIpc) is 3.45. The van der Waals surface area contributed by atoms with Crippen LogP contribution in [-0.2, 0) is 24.9 Å². The van der Waals surface area contributed by atoms with Crippen LogP contribution in [0.4, 0.5) is 0 Å². The molecule has 1 N–H and O–H groups in total. The maximum Gasteiger partial charge on any atom is 0.155 e. The molecule has 39 heavy (non-hydrogen) atoms. The fourth-order valence-electron chi connectivity index (χ4n) is 5.20. The van der Waals surface area contributed by atoms with E-state index in [-0.39, 0.29) is 31.6 Å². The Morgan fingerprint density at radius 1 is 0.795 bits per heavy atom. The molecule has 0 atom stereocenters. The van der Waals surface area contributed by atoms with E-state index >= 15 is 0 Å². The first kappa shape index (κ1) is 26.3. The second kappa shape index (κ2) is 10.8. The molecule has 1 radical (unpaired) electrons. The number of pyridine rings is 1. The van der Waals surface area contributed by atoms with Crippen LogP contribution in [0, 0.1) is 6.07 Å². The molecule has 0 saturated carbocycles. The van der Waals surface area contributed by atoms with Crippen LogP contribution in [0.5, 0.6) is 0 Å². The van der Waals surface area contributed by atoms with E-state index < -0.39 is 0 Å². The van der Waals surface area contributed by atoms with Gasteiger partial charge in [0.05, 0.1) is 11.3 Å². The number of fused-ring (bicyclic) bond motifs is 6. The Labute approximate surface area is 239 Å². The Kier molecular flexibility index (Phi) is 7.30. The molecule has 0 aliphatic carbocycles. The number of carbonyl (C=O) groups is 1. The summed E-state index contributed by atoms with van der Waals surface area (Å²) in [5, 5.41) is 13.5. The Hall–Kier alpha value is -4.31. The smallest absolute Gasteiger partial charge is 0.155 e. The topological polar surface area (TPSA) is 54.6 Å². The summed E-state index contributed by atoms with van der Waals surface area (Å²) < 4.78 is 2.39. The zero-order chi connectivity index (χ0) is 26.2. The van der Waals surface area contributed by atoms with Crippen molar-refractivity contribution in [2.45, 2.75) is 13.8 Å². The second-order valence-electron chi connectivity index (χ2n) is 9.40. The van der Waals surface area contributed by atoms with E-state index in [1.54, 1.807) is 0 Å². The molecular weight excluding hydrogens is 661 g/mol. The predicted octanol–water partition coefficient (Wildman–Crippen LogP) is 8.40. The molecule has 193 valence electrons. The van der Waals surface area contributed by atoms with Gasteiger partial charge in [-0.2, -0.15) is 0 Å². The van der Waals surface area contributed by atoms with Crippen LogP contribution >= 0.6 is 0 Å². The summed E-state index contributed by atoms with van der Waals surface area (Å²) in [4.78, 5) is 14.6. The van der Waals surface area contributed by atoms with Crippen molar-refractivity contribution in [3.63, 3.8) is 0 Å². The number of para-hydroxylation sites is 1. The maximum absolute atomic E-state index is 10.0. The van der Waals surface area contributed by atoms with Gasteiger partial charge in [-0.3, -0.25) is 4.79 Å². The second-order valence-corrected chi connectivity index (χ2v) is 9.40. The van der Waals surface area contributed by atoms with Gasteiger partial charge in [0.15, 0.2) is 5.78 Å². The first-order valence-electron chi connectivity index (χ1n) is 12.5. The number of allylic oxidation sites excluding steroid dienone is 2. The van der Waals surface area contributed by atoms with Crippen molar-refractivity contribution in [1.29, 1.82) is 0 Å². The van der Waals surface area contributed by atoms with Crippen molar-refractivity contribution in [2.75, 3.05) is 0 Å². The van der Waals surface area contributed by atoms with Crippen LogP contribution < -0.4 is 0 Å². The number of aromatic nitrogens is 2. The third kappa shape index (κ3) is 4.83. The normalized spacial score (nSPS) is 11.5. The third-order valence-electron chi connectivity index (χ3n) is 6.69. The largest absolute Gasteiger partial charge is 0.512 e. The molecule has 0 amide bonds. The summed E-state index contributed by atoms with van der Waals surface area (Å²) >= 11 is 0. The molecule has 0 bridgehead atoms. The molecule has 0 spiro atoms. The summed E-state index contributed by atoms with van der Waals surface area (Å²) in [6.45, 7) is 2.85. The molecule has 0 aliphatic heterocycles. The molecule has 0 fully saturated rings. The Morgan fingerprint density at radius 3 is 2.15 bits per heavy atom. The van der Waals surface area contributed by atoms with E-state index in [2.05, 4.69) is 94.3 Å². The minimum Gasteiger partial charge on any atom is -0.512 e. The predicted molar refractivity (Wildman–Crippen MR) is 156 cm³/mol. The van der Waals surface area contributed by atoms with E-state index in [1.165, 1.54) is 69.1 Å². The van der Waals surface area contributed by atoms with Crippen molar-refractivity contribution < 1.29 is 30.0 Å². The molecule has 3 aromatic heterocycles. The fraction of sp³-hybridized carbons (Fsp3) is 0.0588. The number of rotatable bonds is 3. The van der Waals surface area contributed by atoms with E-state index in [0.29, 0.717) is 0 Å². The van der Waals surface area contributed by atoms with Gasteiger partial charge in [0.25, 0.3) is 0 Å². The van der Waals surface area contributed by atoms with Gasteiger partial charge in [-0.15, -0.1) is 23.8 Å². The van der Waals surface area contributed by atoms with Crippen molar-refractivity contribution in [3.8, 4) is 22.4 Å². The minimum absolute atomic E-state index is 0. The van der Waals surface area contributed by atoms with Crippen LogP contribution in [0.3, 0.4) is 0 Å². The van der Waals surface area contributed by atoms with Gasteiger partial charge in [-0.05, 0) is 65.8 Å². The summed E-state index contributed by atoms with van der Waals surface area (Å²) in [6.07, 6.45) is 3.00. The van der Waals surface area contributed by atoms with Gasteiger partial charge < -0.3 is 14.5 Å². The monoisotopic (exact) mass is 686 g/mol. The minimum atomic E-state index is -0.125. The van der Waals surface area contributed by atoms with Gasteiger partial charge in [0.1, 0.15) is 0 Å². The maximum atomic E-state index is 10.0. The quantitative estimate of drug-likeness (QED) is 0.116. The number of hydrogen-bond acceptors (Lipinski definition) is 3. The van der Waals surface area contributed by atoms with Crippen LogP contribution in [0.2, 0.25) is 0 Å². The summed E-state index contributed by atoms with van der Waals surface area (Å²) in [5.74, 6) is -0.0625. The van der Waals surface area contributed by atoms with Gasteiger partial charge in [-0.25, -0.2) is 0 Å². The van der Waals surface area contributed by atoms with E-state index in [1.807, 2.05) is 24.4 Å². The molecule has 3 heterocycles. The average molecular weight is 686 g/mol. The summed E-state index contributed by atoms with van der Waals surface area (Å²) in [5.41, 5.74) is 8.15. The summed E-state index contributed by atoms with van der Waals surface area (Å²) in [6, 6.07) is 37.8. The molecule has 7 rings (SSSR count). The van der Waals surface area contributed by atoms with Gasteiger partial charge >= 0.3 is 0 Å².